The number of hydrogen-bond donors (Lipinski definition) is 3. The van der Waals surface area contributed by atoms with Gasteiger partial charge in [-0.2, -0.15) is 0 Å². The molecule has 1 heterocycles. The summed E-state index contributed by atoms with van der Waals surface area (Å²) in [5.41, 5.74) is 0. The van der Waals surface area contributed by atoms with Gasteiger partial charge in [-0.1, -0.05) is 13.3 Å². The molecule has 122 valence electrons. The van der Waals surface area contributed by atoms with Gasteiger partial charge in [-0.3, -0.25) is 4.79 Å². The van der Waals surface area contributed by atoms with Crippen molar-refractivity contribution in [1.29, 1.82) is 0 Å². The van der Waals surface area contributed by atoms with E-state index in [1.54, 1.807) is 11.8 Å². The van der Waals surface area contributed by atoms with E-state index in [1.807, 2.05) is 6.92 Å². The largest absolute Gasteiger partial charge is 0.481 e. The minimum Gasteiger partial charge on any atom is -0.481 e. The van der Waals surface area contributed by atoms with Crippen LogP contribution in [0, 0.1) is 11.8 Å². The molecule has 0 aromatic heterocycles. The lowest BCUT2D eigenvalue weighted by Gasteiger charge is -2.19. The van der Waals surface area contributed by atoms with Gasteiger partial charge >= 0.3 is 12.0 Å². The van der Waals surface area contributed by atoms with E-state index in [0.29, 0.717) is 32.0 Å². The normalized spacial score (nSPS) is 21.1. The summed E-state index contributed by atoms with van der Waals surface area (Å²) in [6, 6.07) is -0.0776. The summed E-state index contributed by atoms with van der Waals surface area (Å²) in [5.74, 6) is -0.251. The first-order valence-electron chi connectivity index (χ1n) is 7.86. The predicted molar refractivity (Wildman–Crippen MR) is 80.0 cm³/mol. The van der Waals surface area contributed by atoms with Crippen molar-refractivity contribution in [2.45, 2.75) is 52.1 Å². The molecule has 0 radical (unpaired) electrons. The monoisotopic (exact) mass is 300 g/mol. The minimum atomic E-state index is -0.765. The molecular weight excluding hydrogens is 272 g/mol. The SMILES string of the molecule is CCC(CCNC(=O)N1CCC(C(C)O)C1)CCC(=O)O. The maximum absolute atomic E-state index is 12.0. The first kappa shape index (κ1) is 17.8. The van der Waals surface area contributed by atoms with Crippen molar-refractivity contribution >= 4 is 12.0 Å². The third kappa shape index (κ3) is 6.33. The average molecular weight is 300 g/mol. The molecule has 21 heavy (non-hydrogen) atoms. The van der Waals surface area contributed by atoms with Crippen LogP contribution in [0.2, 0.25) is 0 Å². The number of rotatable bonds is 8. The van der Waals surface area contributed by atoms with Crippen LogP contribution in [0.15, 0.2) is 0 Å². The second-order valence-corrected chi connectivity index (χ2v) is 5.96. The van der Waals surface area contributed by atoms with Crippen molar-refractivity contribution in [2.24, 2.45) is 11.8 Å². The van der Waals surface area contributed by atoms with Crippen LogP contribution in [0.4, 0.5) is 4.79 Å². The molecule has 0 bridgehead atoms. The average Bonchev–Trinajstić information content (AvgIpc) is 2.92. The van der Waals surface area contributed by atoms with Gasteiger partial charge < -0.3 is 20.4 Å². The van der Waals surface area contributed by atoms with Crippen molar-refractivity contribution in [3.8, 4) is 0 Å². The molecule has 0 aromatic carbocycles. The quantitative estimate of drug-likeness (QED) is 0.636. The van der Waals surface area contributed by atoms with Gasteiger partial charge in [0.05, 0.1) is 6.10 Å². The van der Waals surface area contributed by atoms with Gasteiger partial charge in [0.25, 0.3) is 0 Å². The number of nitrogens with one attached hydrogen (secondary N) is 1. The first-order chi connectivity index (χ1) is 9.93. The van der Waals surface area contributed by atoms with Gasteiger partial charge in [-0.15, -0.1) is 0 Å². The summed E-state index contributed by atoms with van der Waals surface area (Å²) < 4.78 is 0. The van der Waals surface area contributed by atoms with Crippen LogP contribution < -0.4 is 5.32 Å². The van der Waals surface area contributed by atoms with Gasteiger partial charge in [0.1, 0.15) is 0 Å². The highest BCUT2D eigenvalue weighted by molar-refractivity contribution is 5.74. The van der Waals surface area contributed by atoms with Gasteiger partial charge in [-0.05, 0) is 32.1 Å². The molecule has 6 nitrogen and oxygen atoms in total. The first-order valence-corrected chi connectivity index (χ1v) is 7.86. The fourth-order valence-electron chi connectivity index (χ4n) is 2.74. The maximum atomic E-state index is 12.0. The number of urea groups is 1. The van der Waals surface area contributed by atoms with Crippen LogP contribution in [0.5, 0.6) is 0 Å². The molecule has 1 saturated heterocycles. The minimum absolute atomic E-state index is 0.0776. The molecule has 3 N–H and O–H groups in total. The van der Waals surface area contributed by atoms with E-state index < -0.39 is 5.97 Å². The maximum Gasteiger partial charge on any atom is 0.317 e. The third-order valence-electron chi connectivity index (χ3n) is 4.37. The van der Waals surface area contributed by atoms with Gasteiger partial charge in [0.15, 0.2) is 0 Å². The van der Waals surface area contributed by atoms with E-state index in [-0.39, 0.29) is 24.5 Å². The number of likely N-dealkylation sites (tertiary alicyclic amines) is 1. The highest BCUT2D eigenvalue weighted by Gasteiger charge is 2.28. The number of carbonyl (C=O) groups is 2. The number of carboxylic acids is 1. The van der Waals surface area contributed by atoms with Crippen LogP contribution in [-0.2, 0) is 4.79 Å². The zero-order chi connectivity index (χ0) is 15.8. The van der Waals surface area contributed by atoms with E-state index >= 15 is 0 Å². The molecule has 2 amide bonds. The topological polar surface area (TPSA) is 89.9 Å². The van der Waals surface area contributed by atoms with Crippen molar-refractivity contribution in [2.75, 3.05) is 19.6 Å². The Bertz CT molecular complexity index is 347. The second-order valence-electron chi connectivity index (χ2n) is 5.96. The van der Waals surface area contributed by atoms with Crippen molar-refractivity contribution in [3.05, 3.63) is 0 Å². The smallest absolute Gasteiger partial charge is 0.317 e. The lowest BCUT2D eigenvalue weighted by molar-refractivity contribution is -0.137. The summed E-state index contributed by atoms with van der Waals surface area (Å²) in [6.45, 7) is 5.69. The van der Waals surface area contributed by atoms with Crippen LogP contribution in [0.1, 0.15) is 46.0 Å². The fraction of sp³-hybridized carbons (Fsp3) is 0.867. The zero-order valence-corrected chi connectivity index (χ0v) is 13.0. The van der Waals surface area contributed by atoms with Gasteiger partial charge in [-0.25, -0.2) is 4.79 Å². The Hall–Kier alpha value is -1.30. The number of carboxylic acid groups (broad SMARTS) is 1. The number of hydrogen-bond acceptors (Lipinski definition) is 3. The van der Waals surface area contributed by atoms with E-state index in [2.05, 4.69) is 5.32 Å². The Labute approximate surface area is 126 Å². The Kier molecular flexibility index (Phi) is 7.50. The lowest BCUT2D eigenvalue weighted by Crippen LogP contribution is -2.39. The Morgan fingerprint density at radius 2 is 2.10 bits per heavy atom. The summed E-state index contributed by atoms with van der Waals surface area (Å²) >= 11 is 0. The van der Waals surface area contributed by atoms with Gasteiger partial charge in [0.2, 0.25) is 0 Å². The molecule has 0 aliphatic carbocycles. The summed E-state index contributed by atoms with van der Waals surface area (Å²) in [6.07, 6.45) is 3.06. The molecule has 1 fully saturated rings. The van der Waals surface area contributed by atoms with Crippen LogP contribution in [0.25, 0.3) is 0 Å². The van der Waals surface area contributed by atoms with E-state index in [4.69, 9.17) is 5.11 Å². The number of aliphatic hydroxyl groups is 1. The van der Waals surface area contributed by atoms with E-state index in [9.17, 15) is 14.7 Å². The Morgan fingerprint density at radius 3 is 2.62 bits per heavy atom. The number of amides is 2. The van der Waals surface area contributed by atoms with Crippen LogP contribution in [0.3, 0.4) is 0 Å². The summed E-state index contributed by atoms with van der Waals surface area (Å²) in [7, 11) is 0. The van der Waals surface area contributed by atoms with Gasteiger partial charge in [0, 0.05) is 32.0 Å². The molecule has 0 spiro atoms. The van der Waals surface area contributed by atoms with Crippen molar-refractivity contribution < 1.29 is 19.8 Å². The predicted octanol–water partition coefficient (Wildman–Crippen LogP) is 1.68. The Morgan fingerprint density at radius 1 is 1.38 bits per heavy atom. The highest BCUT2D eigenvalue weighted by atomic mass is 16.4. The molecule has 1 aliphatic heterocycles. The second kappa shape index (κ2) is 8.87. The number of carbonyl (C=O) groups excluding carboxylic acids is 1. The van der Waals surface area contributed by atoms with Crippen LogP contribution in [-0.4, -0.2) is 52.9 Å². The zero-order valence-electron chi connectivity index (χ0n) is 13.0. The fourth-order valence-corrected chi connectivity index (χ4v) is 2.74. The molecule has 6 heteroatoms. The molecule has 0 aromatic rings. The highest BCUT2D eigenvalue weighted by Crippen LogP contribution is 2.19. The summed E-state index contributed by atoms with van der Waals surface area (Å²) in [4.78, 5) is 24.3. The Balaban J connectivity index is 2.22. The third-order valence-corrected chi connectivity index (χ3v) is 4.37. The number of nitrogens with zero attached hydrogens (tertiary/aromatic N) is 1. The molecule has 3 atom stereocenters. The van der Waals surface area contributed by atoms with E-state index in [0.717, 1.165) is 19.3 Å². The molecule has 0 saturated carbocycles. The van der Waals surface area contributed by atoms with Crippen molar-refractivity contribution in [3.63, 3.8) is 0 Å². The standard InChI is InChI=1S/C15H28N2O4/c1-3-12(4-5-14(19)20)6-8-16-15(21)17-9-7-13(10-17)11(2)18/h11-13,18H,3-10H2,1-2H3,(H,16,21)(H,19,20). The molecule has 3 unspecified atom stereocenters. The number of aliphatic carboxylic acids is 1. The van der Waals surface area contributed by atoms with E-state index in [1.165, 1.54) is 0 Å². The molecule has 1 aliphatic rings. The molecular formula is C15H28N2O4. The lowest BCUT2D eigenvalue weighted by atomic mass is 9.97. The molecule has 1 rings (SSSR count). The summed E-state index contributed by atoms with van der Waals surface area (Å²) in [5, 5.41) is 21.1. The van der Waals surface area contributed by atoms with Crippen molar-refractivity contribution in [1.82, 2.24) is 10.2 Å². The van der Waals surface area contributed by atoms with Crippen LogP contribution >= 0.6 is 0 Å². The number of aliphatic hydroxyl groups excluding tert-OH is 1.